The lowest BCUT2D eigenvalue weighted by Crippen LogP contribution is -2.37. The third-order valence-corrected chi connectivity index (χ3v) is 4.51. The molecule has 1 aliphatic heterocycles. The summed E-state index contributed by atoms with van der Waals surface area (Å²) in [5.41, 5.74) is 1.89. The van der Waals surface area contributed by atoms with Crippen molar-refractivity contribution in [2.24, 2.45) is 0 Å². The van der Waals surface area contributed by atoms with E-state index in [0.717, 1.165) is 24.1 Å². The first-order valence-electron chi connectivity index (χ1n) is 5.17. The van der Waals surface area contributed by atoms with Crippen molar-refractivity contribution in [1.29, 1.82) is 0 Å². The number of nitrogens with zero attached hydrogens (tertiary/aromatic N) is 1. The molecule has 0 saturated carbocycles. The predicted molar refractivity (Wildman–Crippen MR) is 61.5 cm³/mol. The maximum absolute atomic E-state index is 11.8. The van der Waals surface area contributed by atoms with Gasteiger partial charge in [-0.25, -0.2) is 8.42 Å². The molecule has 0 amide bonds. The Kier molecular flexibility index (Phi) is 2.69. The van der Waals surface area contributed by atoms with E-state index in [-0.39, 0.29) is 5.75 Å². The minimum absolute atomic E-state index is 0.279. The van der Waals surface area contributed by atoms with E-state index in [9.17, 15) is 8.42 Å². The Bertz CT molecular complexity index is 453. The Morgan fingerprint density at radius 2 is 2.07 bits per heavy atom. The summed E-state index contributed by atoms with van der Waals surface area (Å²) >= 11 is 0. The van der Waals surface area contributed by atoms with Crippen LogP contribution in [0, 0.1) is 6.92 Å². The monoisotopic (exact) mass is 225 g/mol. The van der Waals surface area contributed by atoms with Gasteiger partial charge in [0.25, 0.3) is 0 Å². The Balaban J connectivity index is 2.37. The van der Waals surface area contributed by atoms with Crippen molar-refractivity contribution in [2.75, 3.05) is 16.6 Å². The predicted octanol–water partition coefficient (Wildman–Crippen LogP) is 1.93. The van der Waals surface area contributed by atoms with Crippen LogP contribution in [-0.2, 0) is 10.0 Å². The summed E-state index contributed by atoms with van der Waals surface area (Å²) in [7, 11) is -3.06. The zero-order valence-electron chi connectivity index (χ0n) is 8.81. The van der Waals surface area contributed by atoms with Gasteiger partial charge in [-0.1, -0.05) is 12.1 Å². The average Bonchev–Trinajstić information content (AvgIpc) is 2.17. The normalized spacial score (nSPS) is 20.2. The van der Waals surface area contributed by atoms with Gasteiger partial charge in [-0.15, -0.1) is 0 Å². The highest BCUT2D eigenvalue weighted by Crippen LogP contribution is 2.23. The molecule has 4 heteroatoms. The van der Waals surface area contributed by atoms with Gasteiger partial charge in [-0.05, 0) is 37.5 Å². The Hall–Kier alpha value is -1.03. The molecule has 1 fully saturated rings. The number of sulfonamides is 1. The highest BCUT2D eigenvalue weighted by atomic mass is 32.2. The second-order valence-electron chi connectivity index (χ2n) is 3.93. The van der Waals surface area contributed by atoms with Crippen molar-refractivity contribution in [3.05, 3.63) is 29.8 Å². The smallest absolute Gasteiger partial charge is 0.235 e. The number of hydrogen-bond acceptors (Lipinski definition) is 2. The molecule has 0 spiro atoms. The van der Waals surface area contributed by atoms with Gasteiger partial charge >= 0.3 is 0 Å². The van der Waals surface area contributed by atoms with Crippen molar-refractivity contribution in [3.63, 3.8) is 0 Å². The van der Waals surface area contributed by atoms with Crippen LogP contribution < -0.4 is 4.31 Å². The van der Waals surface area contributed by atoms with Crippen LogP contribution in [0.4, 0.5) is 5.69 Å². The summed E-state index contributed by atoms with van der Waals surface area (Å²) in [6.45, 7) is 2.59. The number of anilines is 1. The molecule has 0 aliphatic carbocycles. The molecule has 82 valence electrons. The van der Waals surface area contributed by atoms with Gasteiger partial charge in [0.15, 0.2) is 0 Å². The molecule has 1 heterocycles. The van der Waals surface area contributed by atoms with E-state index in [1.165, 1.54) is 4.31 Å². The lowest BCUT2D eigenvalue weighted by molar-refractivity contribution is 0.574. The van der Waals surface area contributed by atoms with Crippen LogP contribution in [0.25, 0.3) is 0 Å². The van der Waals surface area contributed by atoms with Gasteiger partial charge in [0.2, 0.25) is 10.0 Å². The first-order chi connectivity index (χ1) is 7.09. The van der Waals surface area contributed by atoms with Gasteiger partial charge < -0.3 is 0 Å². The first-order valence-corrected chi connectivity index (χ1v) is 6.77. The van der Waals surface area contributed by atoms with Gasteiger partial charge in [0, 0.05) is 6.54 Å². The minimum Gasteiger partial charge on any atom is -0.270 e. The molecule has 1 saturated heterocycles. The van der Waals surface area contributed by atoms with E-state index >= 15 is 0 Å². The van der Waals surface area contributed by atoms with E-state index < -0.39 is 10.0 Å². The lowest BCUT2D eigenvalue weighted by atomic mass is 10.2. The van der Waals surface area contributed by atoms with Crippen molar-refractivity contribution in [2.45, 2.75) is 19.8 Å². The highest BCUT2D eigenvalue weighted by Gasteiger charge is 2.25. The molecule has 0 N–H and O–H groups in total. The van der Waals surface area contributed by atoms with Crippen molar-refractivity contribution in [1.82, 2.24) is 0 Å². The molecule has 0 atom stereocenters. The number of hydrogen-bond donors (Lipinski definition) is 0. The second kappa shape index (κ2) is 3.85. The summed E-state index contributed by atoms with van der Waals surface area (Å²) in [5, 5.41) is 0. The summed E-state index contributed by atoms with van der Waals surface area (Å²) in [5.74, 6) is 0.279. The fraction of sp³-hybridized carbons (Fsp3) is 0.455. The van der Waals surface area contributed by atoms with Crippen LogP contribution in [0.2, 0.25) is 0 Å². The molecule has 2 rings (SSSR count). The average molecular weight is 225 g/mol. The molecular formula is C11H15NO2S. The van der Waals surface area contributed by atoms with Crippen molar-refractivity contribution in [3.8, 4) is 0 Å². The largest absolute Gasteiger partial charge is 0.270 e. The second-order valence-corrected chi connectivity index (χ2v) is 5.95. The number of benzene rings is 1. The van der Waals surface area contributed by atoms with Crippen LogP contribution in [-0.4, -0.2) is 20.7 Å². The van der Waals surface area contributed by atoms with Crippen molar-refractivity contribution >= 4 is 15.7 Å². The van der Waals surface area contributed by atoms with Gasteiger partial charge in [-0.2, -0.15) is 0 Å². The molecule has 1 aromatic rings. The van der Waals surface area contributed by atoms with Crippen LogP contribution in [0.1, 0.15) is 18.4 Å². The minimum atomic E-state index is -3.06. The Labute approximate surface area is 90.8 Å². The lowest BCUT2D eigenvalue weighted by Gasteiger charge is -2.28. The molecule has 0 unspecified atom stereocenters. The fourth-order valence-corrected chi connectivity index (χ4v) is 3.49. The summed E-state index contributed by atoms with van der Waals surface area (Å²) in [6, 6.07) is 7.65. The molecule has 1 aliphatic rings. The van der Waals surface area contributed by atoms with Gasteiger partial charge in [0.05, 0.1) is 11.4 Å². The SMILES string of the molecule is Cc1cccc(N2CCCCS2(=O)=O)c1. The molecule has 1 aromatic carbocycles. The fourth-order valence-electron chi connectivity index (χ4n) is 1.86. The van der Waals surface area contributed by atoms with E-state index in [2.05, 4.69) is 0 Å². The maximum atomic E-state index is 11.8. The maximum Gasteiger partial charge on any atom is 0.235 e. The Morgan fingerprint density at radius 3 is 2.73 bits per heavy atom. The third-order valence-electron chi connectivity index (χ3n) is 2.64. The molecule has 15 heavy (non-hydrogen) atoms. The molecule has 0 radical (unpaired) electrons. The molecule has 0 aromatic heterocycles. The molecule has 0 bridgehead atoms. The van der Waals surface area contributed by atoms with Crippen LogP contribution >= 0.6 is 0 Å². The molecule has 3 nitrogen and oxygen atoms in total. The number of rotatable bonds is 1. The zero-order valence-corrected chi connectivity index (χ0v) is 9.63. The quantitative estimate of drug-likeness (QED) is 0.732. The van der Waals surface area contributed by atoms with Crippen LogP contribution in [0.3, 0.4) is 0 Å². The topological polar surface area (TPSA) is 37.4 Å². The van der Waals surface area contributed by atoms with Gasteiger partial charge in [-0.3, -0.25) is 4.31 Å². The van der Waals surface area contributed by atoms with E-state index in [4.69, 9.17) is 0 Å². The van der Waals surface area contributed by atoms with E-state index in [1.54, 1.807) is 0 Å². The van der Waals surface area contributed by atoms with E-state index in [1.807, 2.05) is 31.2 Å². The zero-order chi connectivity index (χ0) is 10.9. The Morgan fingerprint density at radius 1 is 1.27 bits per heavy atom. The summed E-state index contributed by atoms with van der Waals surface area (Å²) in [4.78, 5) is 0. The number of aryl methyl sites for hydroxylation is 1. The highest BCUT2D eigenvalue weighted by molar-refractivity contribution is 7.92. The van der Waals surface area contributed by atoms with Crippen molar-refractivity contribution < 1.29 is 8.42 Å². The first kappa shape index (κ1) is 10.5. The third kappa shape index (κ3) is 2.15. The van der Waals surface area contributed by atoms with Crippen LogP contribution in [0.5, 0.6) is 0 Å². The standard InChI is InChI=1S/C11H15NO2S/c1-10-5-4-6-11(9-10)12-7-2-3-8-15(12,13)14/h4-6,9H,2-3,7-8H2,1H3. The summed E-state index contributed by atoms with van der Waals surface area (Å²) in [6.07, 6.45) is 1.73. The van der Waals surface area contributed by atoms with E-state index in [0.29, 0.717) is 6.54 Å². The summed E-state index contributed by atoms with van der Waals surface area (Å²) < 4.78 is 25.2. The molecular weight excluding hydrogens is 210 g/mol. The van der Waals surface area contributed by atoms with Gasteiger partial charge in [0.1, 0.15) is 0 Å². The van der Waals surface area contributed by atoms with Crippen LogP contribution in [0.15, 0.2) is 24.3 Å².